The van der Waals surface area contributed by atoms with Crippen molar-refractivity contribution in [2.24, 2.45) is 5.92 Å². The van der Waals surface area contributed by atoms with Crippen LogP contribution in [0.5, 0.6) is 0 Å². The van der Waals surface area contributed by atoms with Crippen LogP contribution >= 0.6 is 0 Å². The number of furan rings is 1. The van der Waals surface area contributed by atoms with E-state index in [0.29, 0.717) is 31.3 Å². The molecule has 2 aromatic rings. The number of nitrogens with one attached hydrogen (secondary N) is 1. The molecular formula is C22H30FN2O4+. The average molecular weight is 405 g/mol. The second kappa shape index (κ2) is 10.8. The Morgan fingerprint density at radius 2 is 1.83 bits per heavy atom. The van der Waals surface area contributed by atoms with Gasteiger partial charge in [0.1, 0.15) is 11.6 Å². The van der Waals surface area contributed by atoms with E-state index in [2.05, 4.69) is 0 Å². The Hall–Kier alpha value is -2.67. The first-order chi connectivity index (χ1) is 13.8. The standard InChI is InChI=1S/C22H29FN2O4/c1-16(2)12-24(17(3)22(27)28-4)15-21(26)25(14-20-6-5-11-29-20)13-18-7-9-19(23)10-8-18/h5-11,16-17H,12-15H2,1-4H3/p+1/t17-/m1/s1. The number of methoxy groups -OCH3 is 1. The number of nitrogens with zero attached hydrogens (tertiary/aromatic N) is 1. The van der Waals surface area contributed by atoms with E-state index < -0.39 is 6.04 Å². The quantitative estimate of drug-likeness (QED) is 0.615. The van der Waals surface area contributed by atoms with Gasteiger partial charge in [0, 0.05) is 12.5 Å². The summed E-state index contributed by atoms with van der Waals surface area (Å²) < 4.78 is 23.5. The minimum Gasteiger partial charge on any atom is -0.467 e. The van der Waals surface area contributed by atoms with Crippen molar-refractivity contribution in [2.45, 2.75) is 39.9 Å². The van der Waals surface area contributed by atoms with Crippen molar-refractivity contribution >= 4 is 11.9 Å². The van der Waals surface area contributed by atoms with Crippen molar-refractivity contribution < 1.29 is 28.0 Å². The molecule has 2 atom stereocenters. The number of carbonyl (C=O) groups is 2. The molecule has 1 amide bonds. The van der Waals surface area contributed by atoms with Crippen molar-refractivity contribution in [3.63, 3.8) is 0 Å². The molecule has 0 aliphatic rings. The third kappa shape index (κ3) is 7.02. The van der Waals surface area contributed by atoms with Crippen molar-refractivity contribution in [3.8, 4) is 0 Å². The Morgan fingerprint density at radius 1 is 1.14 bits per heavy atom. The van der Waals surface area contributed by atoms with E-state index in [1.54, 1.807) is 42.4 Å². The highest BCUT2D eigenvalue weighted by Gasteiger charge is 2.30. The van der Waals surface area contributed by atoms with Gasteiger partial charge in [0.05, 0.1) is 26.5 Å². The van der Waals surface area contributed by atoms with Gasteiger partial charge in [-0.25, -0.2) is 9.18 Å². The Labute approximate surface area is 171 Å². The van der Waals surface area contributed by atoms with Gasteiger partial charge < -0.3 is 19.0 Å². The average Bonchev–Trinajstić information content (AvgIpc) is 3.20. The Morgan fingerprint density at radius 3 is 2.38 bits per heavy atom. The molecule has 29 heavy (non-hydrogen) atoms. The van der Waals surface area contributed by atoms with Gasteiger partial charge in [0.25, 0.3) is 5.91 Å². The van der Waals surface area contributed by atoms with Crippen LogP contribution in [-0.2, 0) is 27.4 Å². The number of ether oxygens (including phenoxy) is 1. The van der Waals surface area contributed by atoms with E-state index in [-0.39, 0.29) is 24.2 Å². The summed E-state index contributed by atoms with van der Waals surface area (Å²) >= 11 is 0. The number of halogens is 1. The van der Waals surface area contributed by atoms with Gasteiger partial charge in [-0.1, -0.05) is 26.0 Å². The van der Waals surface area contributed by atoms with Crippen LogP contribution in [0, 0.1) is 11.7 Å². The smallest absolute Gasteiger partial charge is 0.364 e. The van der Waals surface area contributed by atoms with Crippen LogP contribution in [0.4, 0.5) is 4.39 Å². The highest BCUT2D eigenvalue weighted by molar-refractivity contribution is 5.78. The zero-order chi connectivity index (χ0) is 21.4. The summed E-state index contributed by atoms with van der Waals surface area (Å²) in [7, 11) is 1.35. The molecule has 6 nitrogen and oxygen atoms in total. The maximum atomic E-state index is 13.2. The molecule has 0 spiro atoms. The first-order valence-electron chi connectivity index (χ1n) is 9.77. The molecule has 2 rings (SSSR count). The van der Waals surface area contributed by atoms with Crippen LogP contribution < -0.4 is 4.90 Å². The van der Waals surface area contributed by atoms with Crippen molar-refractivity contribution in [1.82, 2.24) is 4.90 Å². The van der Waals surface area contributed by atoms with E-state index in [1.165, 1.54) is 19.2 Å². The largest absolute Gasteiger partial charge is 0.467 e. The second-order valence-electron chi connectivity index (χ2n) is 7.63. The molecule has 1 heterocycles. The number of hydrogen-bond acceptors (Lipinski definition) is 4. The molecule has 0 fully saturated rings. The minimum atomic E-state index is -0.456. The van der Waals surface area contributed by atoms with E-state index in [9.17, 15) is 14.0 Å². The van der Waals surface area contributed by atoms with Gasteiger partial charge in [-0.15, -0.1) is 0 Å². The highest BCUT2D eigenvalue weighted by Crippen LogP contribution is 2.11. The fourth-order valence-corrected chi connectivity index (χ4v) is 3.21. The third-order valence-electron chi connectivity index (χ3n) is 4.78. The molecule has 1 unspecified atom stereocenters. The molecule has 158 valence electrons. The number of rotatable bonds is 10. The van der Waals surface area contributed by atoms with Crippen molar-refractivity contribution in [3.05, 3.63) is 59.8 Å². The molecule has 7 heteroatoms. The maximum absolute atomic E-state index is 13.2. The highest BCUT2D eigenvalue weighted by atomic mass is 19.1. The Balaban J connectivity index is 2.18. The van der Waals surface area contributed by atoms with E-state index in [1.807, 2.05) is 13.8 Å². The predicted molar refractivity (Wildman–Crippen MR) is 106 cm³/mol. The molecule has 1 aromatic carbocycles. The van der Waals surface area contributed by atoms with Crippen molar-refractivity contribution in [1.29, 1.82) is 0 Å². The predicted octanol–water partition coefficient (Wildman–Crippen LogP) is 2.05. The summed E-state index contributed by atoms with van der Waals surface area (Å²) in [6.07, 6.45) is 1.56. The van der Waals surface area contributed by atoms with Crippen LogP contribution in [0.3, 0.4) is 0 Å². The number of amides is 1. The molecule has 0 bridgehead atoms. The first-order valence-corrected chi connectivity index (χ1v) is 9.77. The molecule has 0 saturated carbocycles. The van der Waals surface area contributed by atoms with Crippen LogP contribution in [0.1, 0.15) is 32.1 Å². The molecule has 0 radical (unpaired) electrons. The van der Waals surface area contributed by atoms with E-state index >= 15 is 0 Å². The van der Waals surface area contributed by atoms with Gasteiger partial charge in [0.15, 0.2) is 12.6 Å². The van der Waals surface area contributed by atoms with Crippen LogP contribution in [-0.4, -0.2) is 43.0 Å². The summed E-state index contributed by atoms with van der Waals surface area (Å²) in [6, 6.07) is 9.19. The minimum absolute atomic E-state index is 0.114. The van der Waals surface area contributed by atoms with E-state index in [0.717, 1.165) is 10.5 Å². The zero-order valence-corrected chi connectivity index (χ0v) is 17.5. The lowest BCUT2D eigenvalue weighted by Crippen LogP contribution is -3.18. The number of hydrogen-bond donors (Lipinski definition) is 1. The SMILES string of the molecule is COC(=O)[C@@H](C)[NH+](CC(=O)N(Cc1ccc(F)cc1)Cc1ccco1)CC(C)C. The van der Waals surface area contributed by atoms with Gasteiger partial charge in [-0.05, 0) is 36.8 Å². The fraction of sp³-hybridized carbons (Fsp3) is 0.455. The van der Waals surface area contributed by atoms with Gasteiger partial charge in [0.2, 0.25) is 0 Å². The lowest BCUT2D eigenvalue weighted by molar-refractivity contribution is -0.910. The van der Waals surface area contributed by atoms with E-state index in [4.69, 9.17) is 9.15 Å². The molecule has 0 aliphatic heterocycles. The Bertz CT molecular complexity index is 775. The summed E-state index contributed by atoms with van der Waals surface area (Å²) in [5, 5.41) is 0. The fourth-order valence-electron chi connectivity index (χ4n) is 3.21. The second-order valence-corrected chi connectivity index (χ2v) is 7.63. The van der Waals surface area contributed by atoms with Crippen LogP contribution in [0.15, 0.2) is 47.1 Å². The lowest BCUT2D eigenvalue weighted by Gasteiger charge is -2.28. The lowest BCUT2D eigenvalue weighted by atomic mass is 10.1. The zero-order valence-electron chi connectivity index (χ0n) is 17.5. The van der Waals surface area contributed by atoms with Gasteiger partial charge in [-0.2, -0.15) is 0 Å². The first kappa shape index (κ1) is 22.6. The molecular weight excluding hydrogens is 375 g/mol. The monoisotopic (exact) mass is 405 g/mol. The summed E-state index contributed by atoms with van der Waals surface area (Å²) in [6.45, 7) is 7.30. The molecule has 1 aromatic heterocycles. The summed E-state index contributed by atoms with van der Waals surface area (Å²) in [5.74, 6) is 0.186. The molecule has 0 aliphatic carbocycles. The summed E-state index contributed by atoms with van der Waals surface area (Å²) in [5.41, 5.74) is 0.817. The van der Waals surface area contributed by atoms with Crippen LogP contribution in [0.25, 0.3) is 0 Å². The molecule has 1 N–H and O–H groups in total. The Kier molecular flexibility index (Phi) is 8.39. The topological polar surface area (TPSA) is 64.2 Å². The molecule has 0 saturated heterocycles. The third-order valence-corrected chi connectivity index (χ3v) is 4.78. The number of esters is 1. The summed E-state index contributed by atoms with van der Waals surface area (Å²) in [4.78, 5) is 27.7. The van der Waals surface area contributed by atoms with Gasteiger partial charge >= 0.3 is 5.97 Å². The number of carbonyl (C=O) groups excluding carboxylic acids is 2. The van der Waals surface area contributed by atoms with Gasteiger partial charge in [-0.3, -0.25) is 4.79 Å². The number of quaternary nitrogens is 1. The normalized spacial score (nSPS) is 13.2. The maximum Gasteiger partial charge on any atom is 0.364 e. The van der Waals surface area contributed by atoms with Crippen LogP contribution in [0.2, 0.25) is 0 Å². The van der Waals surface area contributed by atoms with Crippen molar-refractivity contribution in [2.75, 3.05) is 20.2 Å². The number of benzene rings is 1.